The first kappa shape index (κ1) is 23.3. The number of anilines is 1. The van der Waals surface area contributed by atoms with E-state index in [0.717, 1.165) is 17.5 Å². The second-order valence-electron chi connectivity index (χ2n) is 8.31. The molecular formula is C28H27N3O5. The van der Waals surface area contributed by atoms with Crippen molar-refractivity contribution >= 4 is 11.6 Å². The average Bonchev–Trinajstić information content (AvgIpc) is 3.19. The smallest absolute Gasteiger partial charge is 0.259 e. The standard InChI is InChI=1S/C28H27N3O5/c1-33-23-11-9-20(15-25(23)34-2)27-22(18-31(30-27)17-19-7-4-3-5-8-19)28(32)29-21-10-12-24-26(16-21)36-14-6-13-35-24/h3-5,7-12,15-16,18H,6,13-14,17H2,1-2H3,(H,29,32). The molecule has 0 spiro atoms. The van der Waals surface area contributed by atoms with E-state index in [9.17, 15) is 4.79 Å². The van der Waals surface area contributed by atoms with Crippen LogP contribution in [0.1, 0.15) is 22.3 Å². The van der Waals surface area contributed by atoms with Gasteiger partial charge in [-0.2, -0.15) is 5.10 Å². The molecule has 5 rings (SSSR count). The van der Waals surface area contributed by atoms with Gasteiger partial charge in [-0.15, -0.1) is 0 Å². The SMILES string of the molecule is COc1ccc(-c2nn(Cc3ccccc3)cc2C(=O)Nc2ccc3c(c2)OCCCO3)cc1OC. The number of carbonyl (C=O) groups excluding carboxylic acids is 1. The van der Waals surface area contributed by atoms with Gasteiger partial charge in [-0.25, -0.2) is 0 Å². The molecule has 0 aliphatic carbocycles. The molecule has 8 heteroatoms. The van der Waals surface area contributed by atoms with Crippen LogP contribution in [0.4, 0.5) is 5.69 Å². The molecule has 36 heavy (non-hydrogen) atoms. The zero-order valence-corrected chi connectivity index (χ0v) is 20.2. The van der Waals surface area contributed by atoms with Crippen molar-refractivity contribution in [2.24, 2.45) is 0 Å². The fourth-order valence-corrected chi connectivity index (χ4v) is 4.08. The number of ether oxygens (including phenoxy) is 4. The van der Waals surface area contributed by atoms with Gasteiger partial charge in [0.25, 0.3) is 5.91 Å². The number of nitrogens with one attached hydrogen (secondary N) is 1. The Balaban J connectivity index is 1.49. The van der Waals surface area contributed by atoms with E-state index in [1.165, 1.54) is 0 Å². The van der Waals surface area contributed by atoms with Crippen LogP contribution >= 0.6 is 0 Å². The molecule has 3 aromatic carbocycles. The molecule has 1 aliphatic rings. The second-order valence-corrected chi connectivity index (χ2v) is 8.31. The predicted molar refractivity (Wildman–Crippen MR) is 136 cm³/mol. The molecule has 4 aromatic rings. The highest BCUT2D eigenvalue weighted by Crippen LogP contribution is 2.35. The van der Waals surface area contributed by atoms with Gasteiger partial charge in [0, 0.05) is 29.9 Å². The number of hydrogen-bond acceptors (Lipinski definition) is 6. The minimum absolute atomic E-state index is 0.284. The Hall–Kier alpha value is -4.46. The van der Waals surface area contributed by atoms with Gasteiger partial charge in [-0.05, 0) is 35.9 Å². The summed E-state index contributed by atoms with van der Waals surface area (Å²) in [6.07, 6.45) is 2.57. The van der Waals surface area contributed by atoms with Crippen molar-refractivity contribution in [1.29, 1.82) is 0 Å². The molecule has 8 nitrogen and oxygen atoms in total. The summed E-state index contributed by atoms with van der Waals surface area (Å²) >= 11 is 0. The number of rotatable bonds is 7. The Labute approximate surface area is 209 Å². The zero-order chi connectivity index (χ0) is 24.9. The molecule has 0 unspecified atom stereocenters. The number of aromatic nitrogens is 2. The third-order valence-corrected chi connectivity index (χ3v) is 5.86. The Bertz CT molecular complexity index is 1370. The maximum atomic E-state index is 13.5. The predicted octanol–water partition coefficient (Wildman–Crippen LogP) is 5.03. The molecule has 0 atom stereocenters. The Morgan fingerprint density at radius 2 is 1.72 bits per heavy atom. The highest BCUT2D eigenvalue weighted by Gasteiger charge is 2.21. The monoisotopic (exact) mass is 485 g/mol. The van der Waals surface area contributed by atoms with Crippen LogP contribution in [-0.2, 0) is 6.54 Å². The van der Waals surface area contributed by atoms with E-state index in [-0.39, 0.29) is 5.91 Å². The summed E-state index contributed by atoms with van der Waals surface area (Å²) in [5.41, 5.74) is 3.40. The molecule has 0 radical (unpaired) electrons. The van der Waals surface area contributed by atoms with E-state index in [2.05, 4.69) is 5.32 Å². The molecule has 1 aromatic heterocycles. The first-order valence-electron chi connectivity index (χ1n) is 11.7. The fourth-order valence-electron chi connectivity index (χ4n) is 4.08. The van der Waals surface area contributed by atoms with Crippen LogP contribution in [0.25, 0.3) is 11.3 Å². The van der Waals surface area contributed by atoms with Crippen LogP contribution in [0.2, 0.25) is 0 Å². The van der Waals surface area contributed by atoms with E-state index < -0.39 is 0 Å². The van der Waals surface area contributed by atoms with E-state index in [1.54, 1.807) is 43.3 Å². The van der Waals surface area contributed by atoms with Gasteiger partial charge in [0.05, 0.1) is 39.5 Å². The lowest BCUT2D eigenvalue weighted by Crippen LogP contribution is -2.12. The number of benzene rings is 3. The van der Waals surface area contributed by atoms with Crippen molar-refractivity contribution in [3.05, 3.63) is 84.1 Å². The van der Waals surface area contributed by atoms with Crippen molar-refractivity contribution in [3.63, 3.8) is 0 Å². The Morgan fingerprint density at radius 3 is 2.50 bits per heavy atom. The molecule has 0 fully saturated rings. The summed E-state index contributed by atoms with van der Waals surface area (Å²) in [5, 5.41) is 7.75. The van der Waals surface area contributed by atoms with E-state index in [0.29, 0.717) is 59.7 Å². The Morgan fingerprint density at radius 1 is 0.944 bits per heavy atom. The van der Waals surface area contributed by atoms with Crippen LogP contribution in [0, 0.1) is 0 Å². The number of methoxy groups -OCH3 is 2. The largest absolute Gasteiger partial charge is 0.493 e. The summed E-state index contributed by atoms with van der Waals surface area (Å²) in [6.45, 7) is 1.70. The third kappa shape index (κ3) is 4.98. The lowest BCUT2D eigenvalue weighted by molar-refractivity contribution is 0.102. The molecule has 1 aliphatic heterocycles. The first-order chi connectivity index (χ1) is 17.6. The maximum Gasteiger partial charge on any atom is 0.259 e. The number of fused-ring (bicyclic) bond motifs is 1. The van der Waals surface area contributed by atoms with Gasteiger partial charge in [-0.1, -0.05) is 30.3 Å². The van der Waals surface area contributed by atoms with Gasteiger partial charge >= 0.3 is 0 Å². The van der Waals surface area contributed by atoms with E-state index >= 15 is 0 Å². The van der Waals surface area contributed by atoms with Gasteiger partial charge in [0.1, 0.15) is 5.69 Å². The van der Waals surface area contributed by atoms with Gasteiger partial charge in [-0.3, -0.25) is 9.48 Å². The Kier molecular flexibility index (Phi) is 6.75. The van der Waals surface area contributed by atoms with E-state index in [4.69, 9.17) is 24.0 Å². The molecule has 0 bridgehead atoms. The number of amides is 1. The van der Waals surface area contributed by atoms with Gasteiger partial charge in [0.2, 0.25) is 0 Å². The third-order valence-electron chi connectivity index (χ3n) is 5.86. The van der Waals surface area contributed by atoms with Crippen molar-refractivity contribution in [1.82, 2.24) is 9.78 Å². The number of carbonyl (C=O) groups is 1. The lowest BCUT2D eigenvalue weighted by Gasteiger charge is -2.11. The summed E-state index contributed by atoms with van der Waals surface area (Å²) in [4.78, 5) is 13.5. The van der Waals surface area contributed by atoms with E-state index in [1.807, 2.05) is 48.5 Å². The van der Waals surface area contributed by atoms with Crippen molar-refractivity contribution in [2.75, 3.05) is 32.8 Å². The molecular weight excluding hydrogens is 458 g/mol. The van der Waals surface area contributed by atoms with Crippen molar-refractivity contribution in [3.8, 4) is 34.3 Å². The number of hydrogen-bond donors (Lipinski definition) is 1. The maximum absolute atomic E-state index is 13.5. The molecule has 184 valence electrons. The molecule has 0 saturated heterocycles. The van der Waals surface area contributed by atoms with Gasteiger partial charge in [0.15, 0.2) is 23.0 Å². The average molecular weight is 486 g/mol. The van der Waals surface area contributed by atoms with Crippen molar-refractivity contribution < 1.29 is 23.7 Å². The summed E-state index contributed by atoms with van der Waals surface area (Å²) in [7, 11) is 3.16. The molecule has 0 saturated carbocycles. The zero-order valence-electron chi connectivity index (χ0n) is 20.2. The number of nitrogens with zero attached hydrogens (tertiary/aromatic N) is 2. The van der Waals surface area contributed by atoms with Crippen LogP contribution in [0.5, 0.6) is 23.0 Å². The van der Waals surface area contributed by atoms with Crippen molar-refractivity contribution in [2.45, 2.75) is 13.0 Å². The minimum atomic E-state index is -0.284. The normalized spacial score (nSPS) is 12.5. The molecule has 1 amide bonds. The van der Waals surface area contributed by atoms with Gasteiger partial charge < -0.3 is 24.3 Å². The quantitative estimate of drug-likeness (QED) is 0.395. The summed E-state index contributed by atoms with van der Waals surface area (Å²) in [6, 6.07) is 20.8. The summed E-state index contributed by atoms with van der Waals surface area (Å²) in [5.74, 6) is 2.16. The fraction of sp³-hybridized carbons (Fsp3) is 0.214. The molecule has 1 N–H and O–H groups in total. The molecule has 2 heterocycles. The highest BCUT2D eigenvalue weighted by atomic mass is 16.5. The topological polar surface area (TPSA) is 83.8 Å². The van der Waals surface area contributed by atoms with Crippen LogP contribution in [0.15, 0.2) is 72.9 Å². The second kappa shape index (κ2) is 10.4. The van der Waals surface area contributed by atoms with Crippen LogP contribution < -0.4 is 24.3 Å². The summed E-state index contributed by atoms with van der Waals surface area (Å²) < 4.78 is 24.1. The highest BCUT2D eigenvalue weighted by molar-refractivity contribution is 6.08. The van der Waals surface area contributed by atoms with Crippen LogP contribution in [-0.4, -0.2) is 43.1 Å². The minimum Gasteiger partial charge on any atom is -0.493 e. The first-order valence-corrected chi connectivity index (χ1v) is 11.7. The van der Waals surface area contributed by atoms with Crippen LogP contribution in [0.3, 0.4) is 0 Å². The lowest BCUT2D eigenvalue weighted by atomic mass is 10.1.